The minimum absolute atomic E-state index is 0. The number of nitrogens with one attached hydrogen (secondary N) is 4. The van der Waals surface area contributed by atoms with Crippen LogP contribution in [-0.2, 0) is 19.1 Å². The molecule has 0 spiro atoms. The maximum absolute atomic E-state index is 13.8. The summed E-state index contributed by atoms with van der Waals surface area (Å²) < 4.78 is 9.63. The summed E-state index contributed by atoms with van der Waals surface area (Å²) in [5.41, 5.74) is 5.67. The van der Waals surface area contributed by atoms with Crippen molar-refractivity contribution in [2.75, 3.05) is 27.3 Å². The summed E-state index contributed by atoms with van der Waals surface area (Å²) in [6.07, 6.45) is 5.32. The fourth-order valence-electron chi connectivity index (χ4n) is 8.34. The Hall–Kier alpha value is -3.82. The molecular weight excluding hydrogens is 929 g/mol. The number of methoxy groups -OCH3 is 2. The van der Waals surface area contributed by atoms with E-state index in [9.17, 15) is 19.2 Å². The number of benzene rings is 3. The van der Waals surface area contributed by atoms with Gasteiger partial charge in [0.05, 0.1) is 49.2 Å². The van der Waals surface area contributed by atoms with Gasteiger partial charge in [-0.1, -0.05) is 70.9 Å². The Morgan fingerprint density at radius 2 is 1.14 bits per heavy atom. The van der Waals surface area contributed by atoms with Crippen LogP contribution in [0.25, 0.3) is 44.2 Å². The summed E-state index contributed by atoms with van der Waals surface area (Å²) >= 11 is 0. The van der Waals surface area contributed by atoms with Crippen molar-refractivity contribution in [3.63, 3.8) is 0 Å². The number of imidazole rings is 2. The molecule has 64 heavy (non-hydrogen) atoms. The van der Waals surface area contributed by atoms with Gasteiger partial charge in [-0.15, -0.1) is 0 Å². The van der Waals surface area contributed by atoms with E-state index in [1.54, 1.807) is 0 Å². The van der Waals surface area contributed by atoms with Gasteiger partial charge < -0.3 is 39.9 Å². The number of amides is 4. The maximum Gasteiger partial charge on any atom is 0.407 e. The first-order valence-electron chi connectivity index (χ1n) is 20.4. The number of aromatic nitrogens is 4. The predicted molar refractivity (Wildman–Crippen MR) is 284 cm³/mol. The van der Waals surface area contributed by atoms with E-state index < -0.39 is 24.3 Å². The van der Waals surface area contributed by atoms with Crippen LogP contribution in [0.15, 0.2) is 60.8 Å². The number of H-pyrrole nitrogens is 2. The largest absolute Gasteiger partial charge is 0.453 e. The number of aromatic amines is 2. The Morgan fingerprint density at radius 1 is 0.672 bits per heavy atom. The number of likely N-dealkylation sites (tertiary alicyclic amines) is 2. The van der Waals surface area contributed by atoms with Crippen LogP contribution >= 0.6 is 81.0 Å². The molecule has 3 aromatic carbocycles. The number of ether oxygens (including phenoxy) is 2. The molecule has 14 nitrogen and oxygen atoms in total. The van der Waals surface area contributed by atoms with Gasteiger partial charge in [-0.05, 0) is 83.7 Å². The van der Waals surface area contributed by atoms with E-state index in [4.69, 9.17) is 19.4 Å². The van der Waals surface area contributed by atoms with Crippen LogP contribution < -0.4 is 10.6 Å². The third-order valence-electron chi connectivity index (χ3n) is 12.2. The van der Waals surface area contributed by atoms with E-state index in [1.165, 1.54) is 14.2 Å². The number of rotatable bonds is 12. The van der Waals surface area contributed by atoms with Crippen molar-refractivity contribution in [2.24, 2.45) is 11.8 Å². The molecule has 0 bridgehead atoms. The number of nitrogens with zero attached hydrogens (tertiary/aromatic N) is 4. The highest BCUT2D eigenvalue weighted by molar-refractivity contribution is 7.60. The van der Waals surface area contributed by atoms with Gasteiger partial charge in [0, 0.05) is 18.7 Å². The summed E-state index contributed by atoms with van der Waals surface area (Å²) in [4.78, 5) is 72.1. The normalized spacial score (nSPS) is 17.1. The Bertz CT molecular complexity index is 2330. The van der Waals surface area contributed by atoms with Crippen molar-refractivity contribution in [3.8, 4) is 22.4 Å². The van der Waals surface area contributed by atoms with E-state index in [-0.39, 0.29) is 117 Å². The second-order valence-electron chi connectivity index (χ2n) is 15.7. The van der Waals surface area contributed by atoms with Crippen LogP contribution in [0, 0.1) is 11.8 Å². The van der Waals surface area contributed by atoms with E-state index in [1.807, 2.05) is 49.8 Å². The van der Waals surface area contributed by atoms with Crippen molar-refractivity contribution in [1.82, 2.24) is 40.4 Å². The van der Waals surface area contributed by atoms with E-state index in [0.717, 1.165) is 94.4 Å². The first-order valence-corrected chi connectivity index (χ1v) is 20.4. The summed E-state index contributed by atoms with van der Waals surface area (Å²) in [6.45, 7) is 9.11. The molecule has 4 N–H and O–H groups in total. The van der Waals surface area contributed by atoms with Crippen LogP contribution in [0.4, 0.5) is 9.59 Å². The molecule has 7 rings (SSSR count). The lowest BCUT2D eigenvalue weighted by Gasteiger charge is -2.30. The molecule has 2 saturated heterocycles. The highest BCUT2D eigenvalue weighted by Gasteiger charge is 2.39. The molecule has 0 unspecified atom stereocenters. The average molecular weight is 995 g/mol. The van der Waals surface area contributed by atoms with Crippen LogP contribution in [-0.4, -0.2) is 93.1 Å². The van der Waals surface area contributed by atoms with Gasteiger partial charge in [0.15, 0.2) is 0 Å². The zero-order chi connectivity index (χ0) is 41.1. The van der Waals surface area contributed by atoms with Crippen LogP contribution in [0.3, 0.4) is 0 Å². The number of fused-ring (bicyclic) bond motifs is 2. The fourth-order valence-corrected chi connectivity index (χ4v) is 8.34. The Kier molecular flexibility index (Phi) is 23.4. The van der Waals surface area contributed by atoms with Gasteiger partial charge in [0.2, 0.25) is 11.8 Å². The standard InChI is InChI=1S/C44H54N8O6.6H2S/c1-7-25(3)37(49-43(55)57-5)41(53)51-19-9-11-35(51)39-45-24-34(48-39)31-16-15-27-21-28(13-14-29(27)22-31)30-17-18-32-33(23-30)47-40(46-32)36-12-10-20-52(36)42(54)38(26(4)8-2)50-44(56)58-6;;;;;;/h13-18,21-26,35-38H,7-12,19-20H2,1-6H3,(H,45,48)(H,46,47)(H,49,55)(H,50,56);6*1H2/t25-,26-,35-,36-,37-,38-;;;;;;/m0....../s1. The average Bonchev–Trinajstić information content (AvgIpc) is 4.09. The van der Waals surface area contributed by atoms with Crippen LogP contribution in [0.1, 0.15) is 90.0 Å². The molecule has 2 aromatic heterocycles. The molecule has 2 aliphatic heterocycles. The lowest BCUT2D eigenvalue weighted by atomic mass is 9.97. The molecule has 2 aliphatic rings. The molecule has 6 atom stereocenters. The molecule has 0 radical (unpaired) electrons. The van der Waals surface area contributed by atoms with Gasteiger partial charge in [-0.2, -0.15) is 81.0 Å². The number of carbonyl (C=O) groups is 4. The number of hydrogen-bond donors (Lipinski definition) is 4. The van der Waals surface area contributed by atoms with Gasteiger partial charge >= 0.3 is 12.2 Å². The van der Waals surface area contributed by atoms with Gasteiger partial charge in [0.1, 0.15) is 23.7 Å². The summed E-state index contributed by atoms with van der Waals surface area (Å²) in [6, 6.07) is 17.1. The Balaban J connectivity index is 0.00000341. The summed E-state index contributed by atoms with van der Waals surface area (Å²) in [7, 11) is 2.60. The van der Waals surface area contributed by atoms with Crippen molar-refractivity contribution < 1.29 is 28.7 Å². The number of hydrogen-bond acceptors (Lipinski definition) is 8. The van der Waals surface area contributed by atoms with E-state index >= 15 is 0 Å². The SMILES string of the molecule is CC[C@H](C)[C@H](NC(=O)OC)C(=O)N1CCC[C@H]1c1ncc(-c2ccc3cc(-c4ccc5nc([C@@H]6CCCN6C(=O)[C@@H](NC(=O)OC)[C@@H](C)CC)[nH]c5c4)ccc3c2)[nH]1.S.S.S.S.S.S. The third-order valence-corrected chi connectivity index (χ3v) is 12.2. The van der Waals surface area contributed by atoms with Gasteiger partial charge in [-0.3, -0.25) is 9.59 Å². The van der Waals surface area contributed by atoms with E-state index in [2.05, 4.69) is 69.1 Å². The molecule has 5 aromatic rings. The van der Waals surface area contributed by atoms with Crippen LogP contribution in [0.5, 0.6) is 0 Å². The topological polar surface area (TPSA) is 175 Å². The first-order chi connectivity index (χ1) is 28.0. The highest BCUT2D eigenvalue weighted by Crippen LogP contribution is 2.36. The molecule has 2 fully saturated rings. The minimum Gasteiger partial charge on any atom is -0.453 e. The van der Waals surface area contributed by atoms with E-state index in [0.29, 0.717) is 13.1 Å². The third kappa shape index (κ3) is 12.3. The first kappa shape index (κ1) is 58.2. The zero-order valence-electron chi connectivity index (χ0n) is 37.1. The summed E-state index contributed by atoms with van der Waals surface area (Å²) in [5.74, 6) is 1.11. The lowest BCUT2D eigenvalue weighted by molar-refractivity contribution is -0.136. The van der Waals surface area contributed by atoms with Crippen molar-refractivity contribution in [3.05, 3.63) is 72.4 Å². The summed E-state index contributed by atoms with van der Waals surface area (Å²) in [5, 5.41) is 7.68. The van der Waals surface area contributed by atoms with Crippen molar-refractivity contribution >= 4 is 127 Å². The molecule has 4 amide bonds. The van der Waals surface area contributed by atoms with Crippen molar-refractivity contribution in [2.45, 2.75) is 90.4 Å². The second-order valence-corrected chi connectivity index (χ2v) is 15.7. The molecule has 4 heterocycles. The van der Waals surface area contributed by atoms with Crippen LogP contribution in [0.2, 0.25) is 0 Å². The lowest BCUT2D eigenvalue weighted by Crippen LogP contribution is -2.51. The van der Waals surface area contributed by atoms with Crippen molar-refractivity contribution in [1.29, 1.82) is 0 Å². The molecule has 0 aliphatic carbocycles. The molecule has 0 saturated carbocycles. The maximum atomic E-state index is 13.8. The smallest absolute Gasteiger partial charge is 0.407 e. The van der Waals surface area contributed by atoms with Gasteiger partial charge in [0.25, 0.3) is 0 Å². The Labute approximate surface area is 417 Å². The highest BCUT2D eigenvalue weighted by atomic mass is 32.1. The monoisotopic (exact) mass is 994 g/mol. The Morgan fingerprint density at radius 3 is 1.66 bits per heavy atom. The fraction of sp³-hybridized carbons (Fsp3) is 0.455. The quantitative estimate of drug-likeness (QED) is 0.0966. The van der Waals surface area contributed by atoms with Gasteiger partial charge in [-0.25, -0.2) is 19.6 Å². The minimum atomic E-state index is -0.679. The second kappa shape index (κ2) is 25.8. The molecule has 354 valence electrons. The molecule has 20 heteroatoms. The number of alkyl carbamates (subject to hydrolysis) is 2. The predicted octanol–water partition coefficient (Wildman–Crippen LogP) is 8.32. The zero-order valence-corrected chi connectivity index (χ0v) is 43.1. The number of carbonyl (C=O) groups excluding carboxylic acids is 4. The molecular formula is C44H66N8O6S6.